The van der Waals surface area contributed by atoms with Gasteiger partial charge in [0.1, 0.15) is 6.10 Å². The highest BCUT2D eigenvalue weighted by atomic mass is 16.5. The molecule has 2 unspecified atom stereocenters. The fourth-order valence-corrected chi connectivity index (χ4v) is 3.42. The smallest absolute Gasteiger partial charge is 0.251 e. The quantitative estimate of drug-likeness (QED) is 0.894. The molecule has 2 N–H and O–H groups in total. The maximum absolute atomic E-state index is 12.6. The van der Waals surface area contributed by atoms with Gasteiger partial charge in [0.05, 0.1) is 12.7 Å². The summed E-state index contributed by atoms with van der Waals surface area (Å²) >= 11 is 0. The van der Waals surface area contributed by atoms with E-state index in [1.54, 1.807) is 0 Å². The van der Waals surface area contributed by atoms with Crippen LogP contribution in [0.25, 0.3) is 0 Å². The number of rotatable bonds is 5. The number of hydrogen-bond donors (Lipinski definition) is 1. The molecule has 1 aromatic rings. The predicted octanol–water partition coefficient (Wildman–Crippen LogP) is 1.52. The first-order valence-electron chi connectivity index (χ1n) is 8.47. The highest BCUT2D eigenvalue weighted by Gasteiger charge is 2.35. The molecule has 0 saturated carbocycles. The normalized spacial score (nSPS) is 29.0. The average Bonchev–Trinajstić information content (AvgIpc) is 3.22. The summed E-state index contributed by atoms with van der Waals surface area (Å²) in [6.45, 7) is 4.37. The third-order valence-electron chi connectivity index (χ3n) is 4.81. The molecule has 1 amide bonds. The third-order valence-corrected chi connectivity index (χ3v) is 4.81. The van der Waals surface area contributed by atoms with Crippen molar-refractivity contribution in [3.63, 3.8) is 0 Å². The van der Waals surface area contributed by atoms with Gasteiger partial charge in [0.2, 0.25) is 0 Å². The SMILES string of the molecule is CC(OCC1CCCO1)C(=O)N1C[C@@H](N)[C@H](c2ccccc2)C1. The van der Waals surface area contributed by atoms with Crippen molar-refractivity contribution in [3.05, 3.63) is 35.9 Å². The lowest BCUT2D eigenvalue weighted by molar-refractivity contribution is -0.143. The van der Waals surface area contributed by atoms with E-state index in [2.05, 4.69) is 12.1 Å². The minimum atomic E-state index is -0.444. The first-order valence-corrected chi connectivity index (χ1v) is 8.47. The van der Waals surface area contributed by atoms with Gasteiger partial charge in [-0.1, -0.05) is 30.3 Å². The fraction of sp³-hybridized carbons (Fsp3) is 0.611. The summed E-state index contributed by atoms with van der Waals surface area (Å²) in [5.74, 6) is 0.224. The van der Waals surface area contributed by atoms with E-state index in [0.717, 1.165) is 19.4 Å². The lowest BCUT2D eigenvalue weighted by Gasteiger charge is -2.22. The van der Waals surface area contributed by atoms with Gasteiger partial charge in [-0.15, -0.1) is 0 Å². The van der Waals surface area contributed by atoms with Gasteiger partial charge in [0.25, 0.3) is 5.91 Å². The van der Waals surface area contributed by atoms with Crippen molar-refractivity contribution in [1.82, 2.24) is 4.90 Å². The molecule has 2 aliphatic rings. The molecule has 3 rings (SSSR count). The molecule has 0 bridgehead atoms. The van der Waals surface area contributed by atoms with Gasteiger partial charge in [0.15, 0.2) is 0 Å². The Morgan fingerprint density at radius 3 is 2.87 bits per heavy atom. The van der Waals surface area contributed by atoms with Crippen LogP contribution in [0.5, 0.6) is 0 Å². The summed E-state index contributed by atoms with van der Waals surface area (Å²) in [5, 5.41) is 0. The van der Waals surface area contributed by atoms with Gasteiger partial charge < -0.3 is 20.1 Å². The molecule has 1 aromatic carbocycles. The summed E-state index contributed by atoms with van der Waals surface area (Å²) in [4.78, 5) is 14.4. The minimum absolute atomic E-state index is 0.0216. The molecule has 4 atom stereocenters. The Morgan fingerprint density at radius 1 is 1.39 bits per heavy atom. The van der Waals surface area contributed by atoms with E-state index in [1.165, 1.54) is 5.56 Å². The Balaban J connectivity index is 1.53. The van der Waals surface area contributed by atoms with Crippen molar-refractivity contribution < 1.29 is 14.3 Å². The van der Waals surface area contributed by atoms with Crippen molar-refractivity contribution in [2.45, 2.75) is 43.9 Å². The van der Waals surface area contributed by atoms with Crippen molar-refractivity contribution in [2.75, 3.05) is 26.3 Å². The Kier molecular flexibility index (Phi) is 5.30. The van der Waals surface area contributed by atoms with E-state index in [4.69, 9.17) is 15.2 Å². The second-order valence-electron chi connectivity index (χ2n) is 6.53. The second kappa shape index (κ2) is 7.43. The van der Waals surface area contributed by atoms with Gasteiger partial charge in [-0.3, -0.25) is 4.79 Å². The standard InChI is InChI=1S/C18H26N2O3/c1-13(23-12-15-8-5-9-22-15)18(21)20-10-16(17(19)11-20)14-6-3-2-4-7-14/h2-4,6-7,13,15-17H,5,8-12,19H2,1H3/t13?,15?,16-,17+/m0/s1. The topological polar surface area (TPSA) is 64.8 Å². The molecule has 5 heteroatoms. The highest BCUT2D eigenvalue weighted by molar-refractivity contribution is 5.81. The molecule has 2 fully saturated rings. The Morgan fingerprint density at radius 2 is 2.17 bits per heavy atom. The number of carbonyl (C=O) groups is 1. The molecular weight excluding hydrogens is 292 g/mol. The molecule has 0 radical (unpaired) electrons. The fourth-order valence-electron chi connectivity index (χ4n) is 3.42. The summed E-state index contributed by atoms with van der Waals surface area (Å²) in [6, 6.07) is 10.2. The van der Waals surface area contributed by atoms with Gasteiger partial charge in [-0.05, 0) is 25.3 Å². The van der Waals surface area contributed by atoms with Crippen molar-refractivity contribution in [1.29, 1.82) is 0 Å². The summed E-state index contributed by atoms with van der Waals surface area (Å²) in [5.41, 5.74) is 7.46. The molecule has 0 aromatic heterocycles. The van der Waals surface area contributed by atoms with Crippen molar-refractivity contribution in [2.24, 2.45) is 5.73 Å². The van der Waals surface area contributed by atoms with Crippen LogP contribution < -0.4 is 5.73 Å². The van der Waals surface area contributed by atoms with Gasteiger partial charge >= 0.3 is 0 Å². The number of benzene rings is 1. The van der Waals surface area contributed by atoms with E-state index in [1.807, 2.05) is 30.0 Å². The summed E-state index contributed by atoms with van der Waals surface area (Å²) in [6.07, 6.45) is 1.80. The van der Waals surface area contributed by atoms with Crippen LogP contribution in [-0.2, 0) is 14.3 Å². The van der Waals surface area contributed by atoms with Crippen molar-refractivity contribution >= 4 is 5.91 Å². The van der Waals surface area contributed by atoms with Crippen LogP contribution in [0.2, 0.25) is 0 Å². The molecule has 2 heterocycles. The van der Waals surface area contributed by atoms with E-state index in [-0.39, 0.29) is 24.0 Å². The van der Waals surface area contributed by atoms with Crippen LogP contribution in [0.15, 0.2) is 30.3 Å². The zero-order chi connectivity index (χ0) is 16.2. The van der Waals surface area contributed by atoms with Crippen LogP contribution in [0.4, 0.5) is 0 Å². The van der Waals surface area contributed by atoms with E-state index < -0.39 is 6.10 Å². The zero-order valence-corrected chi connectivity index (χ0v) is 13.7. The number of nitrogens with two attached hydrogens (primary N) is 1. The molecule has 2 aliphatic heterocycles. The van der Waals surface area contributed by atoms with E-state index in [0.29, 0.717) is 19.7 Å². The molecule has 0 aliphatic carbocycles. The van der Waals surface area contributed by atoms with Crippen LogP contribution in [0, 0.1) is 0 Å². The van der Waals surface area contributed by atoms with Crippen LogP contribution >= 0.6 is 0 Å². The van der Waals surface area contributed by atoms with Gasteiger partial charge in [-0.25, -0.2) is 0 Å². The summed E-state index contributed by atoms with van der Waals surface area (Å²) in [7, 11) is 0. The minimum Gasteiger partial charge on any atom is -0.376 e. The largest absolute Gasteiger partial charge is 0.376 e. The molecule has 23 heavy (non-hydrogen) atoms. The lowest BCUT2D eigenvalue weighted by atomic mass is 9.95. The van der Waals surface area contributed by atoms with Crippen LogP contribution in [0.1, 0.15) is 31.2 Å². The summed E-state index contributed by atoms with van der Waals surface area (Å²) < 4.78 is 11.2. The maximum Gasteiger partial charge on any atom is 0.251 e. The van der Waals surface area contributed by atoms with E-state index >= 15 is 0 Å². The molecule has 5 nitrogen and oxygen atoms in total. The predicted molar refractivity (Wildman–Crippen MR) is 88.1 cm³/mol. The Labute approximate surface area is 137 Å². The first kappa shape index (κ1) is 16.4. The lowest BCUT2D eigenvalue weighted by Crippen LogP contribution is -2.39. The van der Waals surface area contributed by atoms with Gasteiger partial charge in [0, 0.05) is 31.7 Å². The van der Waals surface area contributed by atoms with Gasteiger partial charge in [-0.2, -0.15) is 0 Å². The molecule has 2 saturated heterocycles. The van der Waals surface area contributed by atoms with Crippen LogP contribution in [0.3, 0.4) is 0 Å². The molecular formula is C18H26N2O3. The monoisotopic (exact) mass is 318 g/mol. The number of likely N-dealkylation sites (tertiary alicyclic amines) is 1. The molecule has 0 spiro atoms. The number of nitrogens with zero attached hydrogens (tertiary/aromatic N) is 1. The average molecular weight is 318 g/mol. The first-order chi connectivity index (χ1) is 11.1. The van der Waals surface area contributed by atoms with Crippen molar-refractivity contribution in [3.8, 4) is 0 Å². The van der Waals surface area contributed by atoms with Crippen LogP contribution in [-0.4, -0.2) is 55.4 Å². The van der Waals surface area contributed by atoms with E-state index in [9.17, 15) is 4.79 Å². The number of hydrogen-bond acceptors (Lipinski definition) is 4. The Hall–Kier alpha value is -1.43. The zero-order valence-electron chi connectivity index (χ0n) is 13.7. The number of ether oxygens (including phenoxy) is 2. The molecule has 126 valence electrons. The highest BCUT2D eigenvalue weighted by Crippen LogP contribution is 2.27. The number of carbonyl (C=O) groups excluding carboxylic acids is 1. The second-order valence-corrected chi connectivity index (χ2v) is 6.53. The Bertz CT molecular complexity index is 516. The maximum atomic E-state index is 12.6. The third kappa shape index (κ3) is 3.91. The number of amides is 1.